The zero-order chi connectivity index (χ0) is 37.8. The van der Waals surface area contributed by atoms with E-state index in [1.54, 1.807) is 11.8 Å². The second-order valence-corrected chi connectivity index (χ2v) is 15.1. The number of carbonyl (C=O) groups is 2. The van der Waals surface area contributed by atoms with E-state index in [4.69, 9.17) is 4.74 Å². The highest BCUT2D eigenvalue weighted by molar-refractivity contribution is 8.00. The average molecular weight is 733 g/mol. The van der Waals surface area contributed by atoms with Crippen molar-refractivity contribution >= 4 is 23.6 Å². The molecule has 274 valence electrons. The second-order valence-electron chi connectivity index (χ2n) is 13.8. The van der Waals surface area contributed by atoms with Crippen molar-refractivity contribution in [3.8, 4) is 0 Å². The first-order chi connectivity index (χ1) is 26.4. The summed E-state index contributed by atoms with van der Waals surface area (Å²) in [4.78, 5) is 28.2. The molecule has 0 aliphatic carbocycles. The Morgan fingerprint density at radius 1 is 0.537 bits per heavy atom. The summed E-state index contributed by atoms with van der Waals surface area (Å²) in [5, 5.41) is 7.12. The van der Waals surface area contributed by atoms with Crippen LogP contribution < -0.4 is 10.6 Å². The minimum absolute atomic E-state index is 0.147. The molecule has 0 aromatic heterocycles. The van der Waals surface area contributed by atoms with E-state index in [2.05, 4.69) is 120 Å². The van der Waals surface area contributed by atoms with Crippen molar-refractivity contribution in [2.24, 2.45) is 5.92 Å². The maximum Gasteiger partial charge on any atom is 0.328 e. The Morgan fingerprint density at radius 2 is 0.870 bits per heavy atom. The smallest absolute Gasteiger partial charge is 0.328 e. The summed E-state index contributed by atoms with van der Waals surface area (Å²) in [5.74, 6) is -0.257. The van der Waals surface area contributed by atoms with Gasteiger partial charge in [-0.1, -0.05) is 196 Å². The molecule has 6 rings (SSSR count). The Bertz CT molecular complexity index is 1850. The van der Waals surface area contributed by atoms with Gasteiger partial charge in [0.15, 0.2) is 0 Å². The fourth-order valence-electron chi connectivity index (χ4n) is 7.34. The van der Waals surface area contributed by atoms with Crippen molar-refractivity contribution in [3.05, 3.63) is 215 Å². The Kier molecular flexibility index (Phi) is 12.8. The van der Waals surface area contributed by atoms with E-state index in [0.717, 1.165) is 33.4 Å². The van der Waals surface area contributed by atoms with Crippen LogP contribution in [-0.2, 0) is 24.6 Å². The van der Waals surface area contributed by atoms with Gasteiger partial charge in [0.2, 0.25) is 5.91 Å². The number of amides is 1. The van der Waals surface area contributed by atoms with Crippen molar-refractivity contribution in [1.29, 1.82) is 0 Å². The summed E-state index contributed by atoms with van der Waals surface area (Å²) in [5.41, 5.74) is 5.30. The summed E-state index contributed by atoms with van der Waals surface area (Å²) in [6.07, 6.45) is 0.446. The monoisotopic (exact) mass is 732 g/mol. The van der Waals surface area contributed by atoms with Gasteiger partial charge in [-0.2, -0.15) is 0 Å². The number of esters is 1. The van der Waals surface area contributed by atoms with Crippen LogP contribution in [0.3, 0.4) is 0 Å². The van der Waals surface area contributed by atoms with Gasteiger partial charge >= 0.3 is 5.97 Å². The van der Waals surface area contributed by atoms with Gasteiger partial charge in [0, 0.05) is 5.75 Å². The standard InChI is InChI=1S/C48H48N2O3S/c1-36(2)34-43(46(52)53-3)49-45(51)44(50-47(37-22-10-4-11-23-37,38-24-12-5-13-25-38)39-26-14-6-15-27-39)35-54-48(40-28-16-7-17-29-40,41-30-18-8-19-31-41)42-32-20-9-21-33-42/h4-33,36,43-44,50H,34-35H2,1-3H3,(H,49,51)/t43-,44-/m0/s1. The molecular formula is C48H48N2O3S. The maximum atomic E-state index is 15.1. The highest BCUT2D eigenvalue weighted by Crippen LogP contribution is 2.49. The van der Waals surface area contributed by atoms with Crippen molar-refractivity contribution in [2.45, 2.75) is 42.6 Å². The van der Waals surface area contributed by atoms with E-state index in [9.17, 15) is 4.79 Å². The number of ether oxygens (including phenoxy) is 1. The van der Waals surface area contributed by atoms with Crippen LogP contribution in [-0.4, -0.2) is 36.8 Å². The maximum absolute atomic E-state index is 15.1. The minimum Gasteiger partial charge on any atom is -0.467 e. The van der Waals surface area contributed by atoms with Crippen molar-refractivity contribution in [1.82, 2.24) is 10.6 Å². The molecule has 0 aliphatic rings. The van der Waals surface area contributed by atoms with Crippen LogP contribution in [0.5, 0.6) is 0 Å². The molecule has 0 spiro atoms. The Hall–Kier alpha value is -5.43. The van der Waals surface area contributed by atoms with E-state index in [1.807, 2.05) is 86.6 Å². The summed E-state index contributed by atoms with van der Waals surface area (Å²) in [7, 11) is 1.37. The second kappa shape index (κ2) is 18.1. The largest absolute Gasteiger partial charge is 0.467 e. The number of hydrogen-bond donors (Lipinski definition) is 2. The number of carbonyl (C=O) groups excluding carboxylic acids is 2. The first-order valence-electron chi connectivity index (χ1n) is 18.5. The number of rotatable bonds is 16. The molecular weight excluding hydrogens is 685 g/mol. The Balaban J connectivity index is 1.55. The Morgan fingerprint density at radius 3 is 1.19 bits per heavy atom. The Labute approximate surface area is 324 Å². The van der Waals surface area contributed by atoms with Crippen LogP contribution in [0.1, 0.15) is 53.6 Å². The molecule has 0 saturated heterocycles. The lowest BCUT2D eigenvalue weighted by Crippen LogP contribution is -2.58. The molecule has 5 nitrogen and oxygen atoms in total. The highest BCUT2D eigenvalue weighted by Gasteiger charge is 2.43. The minimum atomic E-state index is -0.944. The van der Waals surface area contributed by atoms with E-state index in [0.29, 0.717) is 12.2 Å². The summed E-state index contributed by atoms with van der Waals surface area (Å²) < 4.78 is 4.53. The van der Waals surface area contributed by atoms with Gasteiger partial charge in [0.25, 0.3) is 0 Å². The first kappa shape index (κ1) is 38.3. The third-order valence-electron chi connectivity index (χ3n) is 9.84. The van der Waals surface area contributed by atoms with Crippen LogP contribution in [0, 0.1) is 5.92 Å². The van der Waals surface area contributed by atoms with Crippen LogP contribution >= 0.6 is 11.8 Å². The SMILES string of the molecule is COC(=O)[C@H](CC(C)C)NC(=O)[C@H](CSC(c1ccccc1)(c1ccccc1)c1ccccc1)NC(c1ccccc1)(c1ccccc1)c1ccccc1. The van der Waals surface area contributed by atoms with E-state index in [1.165, 1.54) is 7.11 Å². The van der Waals surface area contributed by atoms with Gasteiger partial charge in [-0.15, -0.1) is 11.8 Å². The molecule has 0 saturated carbocycles. The molecule has 1 amide bonds. The van der Waals surface area contributed by atoms with Gasteiger partial charge in [-0.05, 0) is 45.7 Å². The summed E-state index contributed by atoms with van der Waals surface area (Å²) in [6.45, 7) is 4.07. The van der Waals surface area contributed by atoms with Crippen LogP contribution in [0.15, 0.2) is 182 Å². The summed E-state index contributed by atoms with van der Waals surface area (Å²) >= 11 is 1.71. The van der Waals surface area contributed by atoms with Crippen LogP contribution in [0.25, 0.3) is 0 Å². The fraction of sp³-hybridized carbons (Fsp3) is 0.208. The number of benzene rings is 6. The van der Waals surface area contributed by atoms with Crippen molar-refractivity contribution in [2.75, 3.05) is 12.9 Å². The lowest BCUT2D eigenvalue weighted by Gasteiger charge is -2.41. The lowest BCUT2D eigenvalue weighted by molar-refractivity contribution is -0.145. The molecule has 0 radical (unpaired) electrons. The van der Waals surface area contributed by atoms with E-state index < -0.39 is 28.3 Å². The highest BCUT2D eigenvalue weighted by atomic mass is 32.2. The van der Waals surface area contributed by atoms with Crippen molar-refractivity contribution < 1.29 is 14.3 Å². The predicted molar refractivity (Wildman–Crippen MR) is 221 cm³/mol. The molecule has 6 aromatic rings. The summed E-state index contributed by atoms with van der Waals surface area (Å²) in [6, 6.07) is 60.7. The van der Waals surface area contributed by atoms with E-state index in [-0.39, 0.29) is 11.8 Å². The zero-order valence-corrected chi connectivity index (χ0v) is 31.9. The molecule has 2 N–H and O–H groups in total. The number of methoxy groups -OCH3 is 1. The number of nitrogens with one attached hydrogen (secondary N) is 2. The average Bonchev–Trinajstić information content (AvgIpc) is 3.23. The lowest BCUT2D eigenvalue weighted by atomic mass is 9.76. The fourth-order valence-corrected chi connectivity index (χ4v) is 8.90. The normalized spacial score (nSPS) is 12.8. The predicted octanol–water partition coefficient (Wildman–Crippen LogP) is 9.37. The van der Waals surface area contributed by atoms with Gasteiger partial charge in [0.1, 0.15) is 6.04 Å². The first-order valence-corrected chi connectivity index (χ1v) is 19.5. The van der Waals surface area contributed by atoms with Gasteiger partial charge in [0.05, 0.1) is 23.4 Å². The molecule has 0 unspecified atom stereocenters. The number of hydrogen-bond acceptors (Lipinski definition) is 5. The molecule has 6 heteroatoms. The molecule has 54 heavy (non-hydrogen) atoms. The quantitative estimate of drug-likeness (QED) is 0.0767. The van der Waals surface area contributed by atoms with Crippen molar-refractivity contribution in [3.63, 3.8) is 0 Å². The third kappa shape index (κ3) is 8.36. The van der Waals surface area contributed by atoms with E-state index >= 15 is 4.79 Å². The van der Waals surface area contributed by atoms with Gasteiger partial charge < -0.3 is 10.1 Å². The van der Waals surface area contributed by atoms with Crippen LogP contribution in [0.2, 0.25) is 0 Å². The molecule has 0 bridgehead atoms. The van der Waals surface area contributed by atoms with Gasteiger partial charge in [-0.25, -0.2) is 4.79 Å². The number of thioether (sulfide) groups is 1. The van der Waals surface area contributed by atoms with Crippen LogP contribution in [0.4, 0.5) is 0 Å². The molecule has 2 atom stereocenters. The zero-order valence-electron chi connectivity index (χ0n) is 31.1. The molecule has 0 heterocycles. The molecule has 6 aromatic carbocycles. The third-order valence-corrected chi connectivity index (χ3v) is 11.5. The molecule has 0 aliphatic heterocycles. The van der Waals surface area contributed by atoms with Gasteiger partial charge in [-0.3, -0.25) is 10.1 Å². The molecule has 0 fully saturated rings. The topological polar surface area (TPSA) is 67.4 Å².